The number of hydrogen-bond acceptors (Lipinski definition) is 4. The lowest BCUT2D eigenvalue weighted by Gasteiger charge is -2.14. The van der Waals surface area contributed by atoms with Crippen molar-refractivity contribution in [3.8, 4) is 0 Å². The zero-order valence-electron chi connectivity index (χ0n) is 15.5. The second-order valence-electron chi connectivity index (χ2n) is 6.89. The fourth-order valence-corrected chi connectivity index (χ4v) is 3.54. The van der Waals surface area contributed by atoms with E-state index in [1.165, 1.54) is 7.11 Å². The number of carbonyl (C=O) groups excluding carboxylic acids is 3. The Labute approximate surface area is 155 Å². The van der Waals surface area contributed by atoms with Gasteiger partial charge < -0.3 is 4.74 Å². The van der Waals surface area contributed by atoms with E-state index in [1.54, 1.807) is 18.2 Å². The van der Waals surface area contributed by atoms with E-state index in [0.717, 1.165) is 38.5 Å². The Morgan fingerprint density at radius 3 is 2.58 bits per heavy atom. The van der Waals surface area contributed by atoms with E-state index in [9.17, 15) is 14.4 Å². The van der Waals surface area contributed by atoms with Crippen molar-refractivity contribution in [3.63, 3.8) is 0 Å². The van der Waals surface area contributed by atoms with E-state index in [0.29, 0.717) is 24.2 Å². The smallest absolute Gasteiger partial charge is 0.305 e. The number of benzene rings is 1. The van der Waals surface area contributed by atoms with Crippen molar-refractivity contribution in [1.82, 2.24) is 0 Å². The molecule has 0 saturated heterocycles. The number of allylic oxidation sites excluding steroid dienone is 2. The van der Waals surface area contributed by atoms with Crippen molar-refractivity contribution in [3.05, 3.63) is 48.0 Å². The Morgan fingerprint density at radius 1 is 1.12 bits per heavy atom. The summed E-state index contributed by atoms with van der Waals surface area (Å²) >= 11 is 0. The van der Waals surface area contributed by atoms with Gasteiger partial charge in [0.05, 0.1) is 7.11 Å². The second-order valence-corrected chi connectivity index (χ2v) is 6.89. The number of ether oxygens (including phenoxy) is 1. The van der Waals surface area contributed by atoms with Gasteiger partial charge in [-0.2, -0.15) is 0 Å². The molecular weight excluding hydrogens is 328 g/mol. The van der Waals surface area contributed by atoms with Gasteiger partial charge in [-0.05, 0) is 31.3 Å². The molecule has 1 aromatic rings. The van der Waals surface area contributed by atoms with Crippen molar-refractivity contribution in [2.45, 2.75) is 51.4 Å². The highest BCUT2D eigenvalue weighted by atomic mass is 16.5. The average molecular weight is 356 g/mol. The van der Waals surface area contributed by atoms with Crippen LogP contribution in [0.4, 0.5) is 0 Å². The van der Waals surface area contributed by atoms with Crippen LogP contribution in [-0.2, 0) is 14.3 Å². The predicted molar refractivity (Wildman–Crippen MR) is 101 cm³/mol. The van der Waals surface area contributed by atoms with Crippen LogP contribution in [0, 0.1) is 11.8 Å². The number of carbonyl (C=O) groups is 3. The van der Waals surface area contributed by atoms with Crippen LogP contribution in [0.5, 0.6) is 0 Å². The number of ketones is 2. The third-order valence-corrected chi connectivity index (χ3v) is 5.08. The SMILES string of the molecule is COC(=O)CCCCCC[C@@H]1C(=O)CC[C@H]1C=CC(=O)c1ccccc1. The van der Waals surface area contributed by atoms with E-state index >= 15 is 0 Å². The molecule has 1 aliphatic carbocycles. The summed E-state index contributed by atoms with van der Waals surface area (Å²) in [5.74, 6) is 0.359. The highest BCUT2D eigenvalue weighted by molar-refractivity contribution is 6.04. The van der Waals surface area contributed by atoms with Gasteiger partial charge in [-0.15, -0.1) is 0 Å². The molecule has 1 aliphatic rings. The molecule has 1 fully saturated rings. The van der Waals surface area contributed by atoms with Crippen LogP contribution in [0.15, 0.2) is 42.5 Å². The minimum atomic E-state index is -0.163. The summed E-state index contributed by atoms with van der Waals surface area (Å²) < 4.78 is 4.63. The maximum absolute atomic E-state index is 12.2. The molecule has 0 bridgehead atoms. The first-order chi connectivity index (χ1) is 12.6. The van der Waals surface area contributed by atoms with Crippen molar-refractivity contribution in [1.29, 1.82) is 0 Å². The molecule has 0 amide bonds. The average Bonchev–Trinajstić information content (AvgIpc) is 3.02. The third kappa shape index (κ3) is 6.25. The summed E-state index contributed by atoms with van der Waals surface area (Å²) in [6.45, 7) is 0. The lowest BCUT2D eigenvalue weighted by Crippen LogP contribution is -2.13. The highest BCUT2D eigenvalue weighted by Crippen LogP contribution is 2.33. The normalized spacial score (nSPS) is 19.8. The molecule has 0 radical (unpaired) electrons. The van der Waals surface area contributed by atoms with E-state index in [2.05, 4.69) is 4.74 Å². The first-order valence-electron chi connectivity index (χ1n) is 9.49. The Balaban J connectivity index is 1.76. The maximum atomic E-state index is 12.2. The van der Waals surface area contributed by atoms with E-state index in [1.807, 2.05) is 24.3 Å². The fraction of sp³-hybridized carbons (Fsp3) is 0.500. The van der Waals surface area contributed by atoms with Gasteiger partial charge in [0.25, 0.3) is 0 Å². The number of unbranched alkanes of at least 4 members (excludes halogenated alkanes) is 3. The molecule has 2 rings (SSSR count). The van der Waals surface area contributed by atoms with Crippen LogP contribution >= 0.6 is 0 Å². The third-order valence-electron chi connectivity index (χ3n) is 5.08. The van der Waals surface area contributed by atoms with Crippen molar-refractivity contribution in [2.75, 3.05) is 7.11 Å². The summed E-state index contributed by atoms with van der Waals surface area (Å²) in [5, 5.41) is 0. The summed E-state index contributed by atoms with van der Waals surface area (Å²) in [4.78, 5) is 35.4. The van der Waals surface area contributed by atoms with Gasteiger partial charge in [0, 0.05) is 24.3 Å². The summed E-state index contributed by atoms with van der Waals surface area (Å²) in [7, 11) is 1.41. The zero-order chi connectivity index (χ0) is 18.8. The summed E-state index contributed by atoms with van der Waals surface area (Å²) in [6.07, 6.45) is 10.1. The van der Waals surface area contributed by atoms with Crippen LogP contribution in [0.25, 0.3) is 0 Å². The molecule has 140 valence electrons. The number of esters is 1. The number of Topliss-reactive ketones (excluding diaryl/α,β-unsaturated/α-hetero) is 1. The molecule has 4 nitrogen and oxygen atoms in total. The van der Waals surface area contributed by atoms with Crippen LogP contribution in [-0.4, -0.2) is 24.6 Å². The monoisotopic (exact) mass is 356 g/mol. The lowest BCUT2D eigenvalue weighted by atomic mass is 9.89. The Morgan fingerprint density at radius 2 is 1.85 bits per heavy atom. The topological polar surface area (TPSA) is 60.4 Å². The molecule has 26 heavy (non-hydrogen) atoms. The van der Waals surface area contributed by atoms with Crippen molar-refractivity contribution in [2.24, 2.45) is 11.8 Å². The van der Waals surface area contributed by atoms with E-state index in [-0.39, 0.29) is 23.6 Å². The predicted octanol–water partition coefficient (Wildman–Crippen LogP) is 4.53. The Kier molecular flexibility index (Phi) is 8.26. The second kappa shape index (κ2) is 10.7. The van der Waals surface area contributed by atoms with Crippen molar-refractivity contribution >= 4 is 17.5 Å². The van der Waals surface area contributed by atoms with Gasteiger partial charge in [-0.1, -0.05) is 55.7 Å². The minimum Gasteiger partial charge on any atom is -0.469 e. The van der Waals surface area contributed by atoms with Crippen molar-refractivity contribution < 1.29 is 19.1 Å². The van der Waals surface area contributed by atoms with Gasteiger partial charge in [-0.25, -0.2) is 0 Å². The molecule has 4 heteroatoms. The molecule has 2 atom stereocenters. The first-order valence-corrected chi connectivity index (χ1v) is 9.49. The quantitative estimate of drug-likeness (QED) is 0.267. The Bertz CT molecular complexity index is 633. The lowest BCUT2D eigenvalue weighted by molar-refractivity contribution is -0.140. The molecule has 0 unspecified atom stereocenters. The standard InChI is InChI=1S/C22H28O4/c1-26-22(25)12-8-3-2-7-11-19-17(14-16-21(19)24)13-15-20(23)18-9-5-4-6-10-18/h4-6,9-10,13,15,17,19H,2-3,7-8,11-12,14,16H2,1H3/t17-,19+/m1/s1. The number of hydrogen-bond donors (Lipinski definition) is 0. The zero-order valence-corrected chi connectivity index (χ0v) is 15.5. The molecule has 0 heterocycles. The van der Waals surface area contributed by atoms with E-state index in [4.69, 9.17) is 0 Å². The van der Waals surface area contributed by atoms with Gasteiger partial charge in [0.15, 0.2) is 5.78 Å². The fourth-order valence-electron chi connectivity index (χ4n) is 3.54. The van der Waals surface area contributed by atoms with E-state index < -0.39 is 0 Å². The summed E-state index contributed by atoms with van der Waals surface area (Å²) in [6, 6.07) is 9.19. The van der Waals surface area contributed by atoms with Gasteiger partial charge in [0.2, 0.25) is 0 Å². The van der Waals surface area contributed by atoms with Crippen LogP contribution < -0.4 is 0 Å². The number of methoxy groups -OCH3 is 1. The maximum Gasteiger partial charge on any atom is 0.305 e. The summed E-state index contributed by atoms with van der Waals surface area (Å²) in [5.41, 5.74) is 0.676. The minimum absolute atomic E-state index is 0.00786. The molecule has 0 N–H and O–H groups in total. The molecule has 1 saturated carbocycles. The molecule has 0 aromatic heterocycles. The molecular formula is C22H28O4. The largest absolute Gasteiger partial charge is 0.469 e. The van der Waals surface area contributed by atoms with Crippen LogP contribution in [0.3, 0.4) is 0 Å². The van der Waals surface area contributed by atoms with Gasteiger partial charge in [0.1, 0.15) is 5.78 Å². The Hall–Kier alpha value is -2.23. The molecule has 1 aromatic carbocycles. The highest BCUT2D eigenvalue weighted by Gasteiger charge is 2.32. The van der Waals surface area contributed by atoms with Gasteiger partial charge >= 0.3 is 5.97 Å². The number of rotatable bonds is 10. The molecule has 0 spiro atoms. The first kappa shape index (κ1) is 20.1. The molecule has 0 aliphatic heterocycles. The van der Waals surface area contributed by atoms with Crippen LogP contribution in [0.1, 0.15) is 61.7 Å². The van der Waals surface area contributed by atoms with Crippen LogP contribution in [0.2, 0.25) is 0 Å². The van der Waals surface area contributed by atoms with Gasteiger partial charge in [-0.3, -0.25) is 14.4 Å².